The average molecular weight is 289 g/mol. The van der Waals surface area contributed by atoms with Gasteiger partial charge in [0.25, 0.3) is 5.69 Å². The number of hydrogen-bond acceptors (Lipinski definition) is 5. The maximum atomic E-state index is 10.7. The molecule has 1 heterocycles. The Balaban J connectivity index is 1.83. The molecule has 6 heteroatoms. The number of aromatic nitrogens is 1. The van der Waals surface area contributed by atoms with Crippen molar-refractivity contribution in [1.82, 2.24) is 4.98 Å². The standard InChI is InChI=1S/C14H15N3O2S/c1-11-13(17(18)19)7-8-14(16-11)15-9-10-20-12-5-3-2-4-6-12/h2-8H,9-10H2,1H3,(H,15,16). The van der Waals surface area contributed by atoms with Gasteiger partial charge in [0.1, 0.15) is 11.5 Å². The molecule has 0 radical (unpaired) electrons. The summed E-state index contributed by atoms with van der Waals surface area (Å²) >= 11 is 1.75. The molecular formula is C14H15N3O2S. The second-order valence-electron chi connectivity index (χ2n) is 4.15. The van der Waals surface area contributed by atoms with Gasteiger partial charge >= 0.3 is 0 Å². The van der Waals surface area contributed by atoms with Crippen molar-refractivity contribution in [2.75, 3.05) is 17.6 Å². The summed E-state index contributed by atoms with van der Waals surface area (Å²) in [5.41, 5.74) is 0.477. The highest BCUT2D eigenvalue weighted by molar-refractivity contribution is 7.99. The van der Waals surface area contributed by atoms with E-state index in [0.29, 0.717) is 11.5 Å². The molecule has 1 N–H and O–H groups in total. The van der Waals surface area contributed by atoms with Gasteiger partial charge in [0.05, 0.1) is 4.92 Å². The van der Waals surface area contributed by atoms with Crippen LogP contribution >= 0.6 is 11.8 Å². The highest BCUT2D eigenvalue weighted by Gasteiger charge is 2.11. The number of pyridine rings is 1. The van der Waals surface area contributed by atoms with Crippen molar-refractivity contribution in [3.8, 4) is 0 Å². The van der Waals surface area contributed by atoms with Gasteiger partial charge in [-0.25, -0.2) is 4.98 Å². The minimum Gasteiger partial charge on any atom is -0.369 e. The van der Waals surface area contributed by atoms with Crippen LogP contribution in [0.4, 0.5) is 11.5 Å². The molecule has 0 amide bonds. The zero-order valence-electron chi connectivity index (χ0n) is 11.1. The Morgan fingerprint density at radius 3 is 2.65 bits per heavy atom. The van der Waals surface area contributed by atoms with Crippen LogP contribution in [0, 0.1) is 17.0 Å². The zero-order chi connectivity index (χ0) is 14.4. The lowest BCUT2D eigenvalue weighted by atomic mass is 10.3. The highest BCUT2D eigenvalue weighted by Crippen LogP contribution is 2.19. The molecule has 2 aromatic rings. The van der Waals surface area contributed by atoms with Crippen molar-refractivity contribution in [1.29, 1.82) is 0 Å². The van der Waals surface area contributed by atoms with E-state index in [1.807, 2.05) is 18.2 Å². The average Bonchev–Trinajstić information content (AvgIpc) is 2.44. The van der Waals surface area contributed by atoms with Gasteiger partial charge in [0, 0.05) is 23.3 Å². The summed E-state index contributed by atoms with van der Waals surface area (Å²) in [4.78, 5) is 15.7. The lowest BCUT2D eigenvalue weighted by Gasteiger charge is -2.06. The second kappa shape index (κ2) is 6.91. The Morgan fingerprint density at radius 2 is 2.00 bits per heavy atom. The molecule has 20 heavy (non-hydrogen) atoms. The topological polar surface area (TPSA) is 68.1 Å². The first kappa shape index (κ1) is 14.3. The van der Waals surface area contributed by atoms with Crippen LogP contribution in [-0.2, 0) is 0 Å². The van der Waals surface area contributed by atoms with E-state index in [2.05, 4.69) is 22.4 Å². The van der Waals surface area contributed by atoms with Gasteiger partial charge in [0.2, 0.25) is 0 Å². The van der Waals surface area contributed by atoms with Crippen LogP contribution in [0.2, 0.25) is 0 Å². The molecule has 0 atom stereocenters. The first-order valence-corrected chi connectivity index (χ1v) is 7.19. The number of nitro groups is 1. The van der Waals surface area contributed by atoms with E-state index in [9.17, 15) is 10.1 Å². The molecule has 2 rings (SSSR count). The number of rotatable bonds is 6. The van der Waals surface area contributed by atoms with Crippen molar-refractivity contribution in [2.45, 2.75) is 11.8 Å². The van der Waals surface area contributed by atoms with Gasteiger partial charge in [0.15, 0.2) is 0 Å². The highest BCUT2D eigenvalue weighted by atomic mass is 32.2. The van der Waals surface area contributed by atoms with Crippen LogP contribution in [0.15, 0.2) is 47.4 Å². The number of benzene rings is 1. The number of nitrogens with one attached hydrogen (secondary N) is 1. The molecule has 0 saturated heterocycles. The summed E-state index contributed by atoms with van der Waals surface area (Å²) in [5.74, 6) is 1.57. The van der Waals surface area contributed by atoms with Crippen LogP contribution in [-0.4, -0.2) is 22.2 Å². The monoisotopic (exact) mass is 289 g/mol. The summed E-state index contributed by atoms with van der Waals surface area (Å²) < 4.78 is 0. The molecule has 1 aromatic carbocycles. The molecule has 1 aromatic heterocycles. The van der Waals surface area contributed by atoms with Crippen LogP contribution in [0.1, 0.15) is 5.69 Å². The first-order valence-electron chi connectivity index (χ1n) is 6.20. The fraction of sp³-hybridized carbons (Fsp3) is 0.214. The normalized spacial score (nSPS) is 10.2. The number of thioether (sulfide) groups is 1. The van der Waals surface area contributed by atoms with Gasteiger partial charge in [-0.1, -0.05) is 18.2 Å². The van der Waals surface area contributed by atoms with Crippen LogP contribution in [0.5, 0.6) is 0 Å². The lowest BCUT2D eigenvalue weighted by Crippen LogP contribution is -2.06. The first-order chi connectivity index (χ1) is 9.66. The molecule has 0 fully saturated rings. The molecule has 0 saturated carbocycles. The molecule has 0 aliphatic heterocycles. The zero-order valence-corrected chi connectivity index (χ0v) is 11.9. The number of anilines is 1. The maximum absolute atomic E-state index is 10.7. The minimum absolute atomic E-state index is 0.0502. The Morgan fingerprint density at radius 1 is 1.25 bits per heavy atom. The Labute approximate surface area is 121 Å². The fourth-order valence-corrected chi connectivity index (χ4v) is 2.50. The number of aryl methyl sites for hydroxylation is 1. The fourth-order valence-electron chi connectivity index (χ4n) is 1.71. The van der Waals surface area contributed by atoms with Crippen LogP contribution < -0.4 is 5.32 Å². The predicted octanol–water partition coefficient (Wildman–Crippen LogP) is 3.50. The Kier molecular flexibility index (Phi) is 4.95. The van der Waals surface area contributed by atoms with Crippen molar-refractivity contribution >= 4 is 23.3 Å². The molecule has 0 aliphatic carbocycles. The number of nitrogens with zero attached hydrogens (tertiary/aromatic N) is 2. The van der Waals surface area contributed by atoms with Gasteiger partial charge in [-0.15, -0.1) is 11.8 Å². The minimum atomic E-state index is -0.419. The molecule has 0 bridgehead atoms. The van der Waals surface area contributed by atoms with Crippen molar-refractivity contribution in [3.63, 3.8) is 0 Å². The van der Waals surface area contributed by atoms with Gasteiger partial charge in [-0.2, -0.15) is 0 Å². The molecule has 0 spiro atoms. The van der Waals surface area contributed by atoms with Crippen LogP contribution in [0.25, 0.3) is 0 Å². The SMILES string of the molecule is Cc1nc(NCCSc2ccccc2)ccc1[N+](=O)[O-]. The lowest BCUT2D eigenvalue weighted by molar-refractivity contribution is -0.385. The molecule has 5 nitrogen and oxygen atoms in total. The Hall–Kier alpha value is -2.08. The number of hydrogen-bond donors (Lipinski definition) is 1. The van der Waals surface area contributed by atoms with Crippen molar-refractivity contribution < 1.29 is 4.92 Å². The van der Waals surface area contributed by atoms with E-state index >= 15 is 0 Å². The molecule has 0 aliphatic rings. The third-order valence-corrected chi connectivity index (χ3v) is 3.69. The van der Waals surface area contributed by atoms with Crippen LogP contribution in [0.3, 0.4) is 0 Å². The summed E-state index contributed by atoms with van der Waals surface area (Å²) in [5, 5.41) is 13.9. The third-order valence-electron chi connectivity index (χ3n) is 2.67. The van der Waals surface area contributed by atoms with E-state index < -0.39 is 4.92 Å². The van der Waals surface area contributed by atoms with Gasteiger partial charge in [-0.05, 0) is 25.1 Å². The largest absolute Gasteiger partial charge is 0.369 e. The summed E-state index contributed by atoms with van der Waals surface area (Å²) in [7, 11) is 0. The van der Waals surface area contributed by atoms with E-state index in [1.165, 1.54) is 11.0 Å². The quantitative estimate of drug-likeness (QED) is 0.381. The van der Waals surface area contributed by atoms with E-state index in [4.69, 9.17) is 0 Å². The van der Waals surface area contributed by atoms with E-state index in [0.717, 1.165) is 12.3 Å². The third kappa shape index (κ3) is 3.96. The molecule has 104 valence electrons. The summed E-state index contributed by atoms with van der Waals surface area (Å²) in [6, 6.07) is 13.3. The van der Waals surface area contributed by atoms with E-state index in [-0.39, 0.29) is 5.69 Å². The van der Waals surface area contributed by atoms with E-state index in [1.54, 1.807) is 24.8 Å². The van der Waals surface area contributed by atoms with Gasteiger partial charge < -0.3 is 5.32 Å². The van der Waals surface area contributed by atoms with Crippen molar-refractivity contribution in [2.24, 2.45) is 0 Å². The summed E-state index contributed by atoms with van der Waals surface area (Å²) in [6.07, 6.45) is 0. The Bertz CT molecular complexity index is 590. The smallest absolute Gasteiger partial charge is 0.290 e. The second-order valence-corrected chi connectivity index (χ2v) is 5.31. The van der Waals surface area contributed by atoms with Gasteiger partial charge in [-0.3, -0.25) is 10.1 Å². The summed E-state index contributed by atoms with van der Waals surface area (Å²) in [6.45, 7) is 2.39. The van der Waals surface area contributed by atoms with Crippen molar-refractivity contribution in [3.05, 3.63) is 58.3 Å². The molecule has 0 unspecified atom stereocenters. The molecular weight excluding hydrogens is 274 g/mol. The maximum Gasteiger partial charge on any atom is 0.290 e. The predicted molar refractivity (Wildman–Crippen MR) is 81.3 cm³/mol.